The molecule has 6 heteroatoms. The highest BCUT2D eigenvalue weighted by Crippen LogP contribution is 2.15. The third-order valence-corrected chi connectivity index (χ3v) is 5.69. The molecule has 0 unspecified atom stereocenters. The van der Waals surface area contributed by atoms with E-state index in [1.807, 2.05) is 73.8 Å². The van der Waals surface area contributed by atoms with Crippen LogP contribution in [0.2, 0.25) is 0 Å². The van der Waals surface area contributed by atoms with Crippen LogP contribution in [-0.4, -0.2) is 25.0 Å². The summed E-state index contributed by atoms with van der Waals surface area (Å²) < 4.78 is 5.46. The monoisotopic (exact) mass is 448 g/mol. The molecular weight excluding hydrogens is 420 g/mol. The number of ether oxygens (including phenoxy) is 1. The van der Waals surface area contributed by atoms with Crippen LogP contribution in [-0.2, 0) is 11.2 Å². The molecule has 0 aliphatic rings. The quantitative estimate of drug-likeness (QED) is 0.340. The van der Waals surface area contributed by atoms with Gasteiger partial charge in [-0.05, 0) is 73.5 Å². The molecule has 3 aromatic rings. The number of rotatable bonds is 10. The van der Waals surface area contributed by atoms with E-state index in [0.717, 1.165) is 29.0 Å². The second-order valence-corrected chi connectivity index (χ2v) is 8.26. The summed E-state index contributed by atoms with van der Waals surface area (Å²) >= 11 is 1.51. The number of carbonyl (C=O) groups is 2. The summed E-state index contributed by atoms with van der Waals surface area (Å²) in [7, 11) is 0. The highest BCUT2D eigenvalue weighted by atomic mass is 32.1. The van der Waals surface area contributed by atoms with Crippen LogP contribution in [0.3, 0.4) is 0 Å². The predicted octanol–water partition coefficient (Wildman–Crippen LogP) is 4.98. The molecule has 0 aliphatic carbocycles. The van der Waals surface area contributed by atoms with E-state index in [2.05, 4.69) is 10.6 Å². The van der Waals surface area contributed by atoms with Gasteiger partial charge in [0.1, 0.15) is 11.4 Å². The molecule has 5 nitrogen and oxygen atoms in total. The highest BCUT2D eigenvalue weighted by molar-refractivity contribution is 7.10. The Bertz CT molecular complexity index is 1060. The summed E-state index contributed by atoms with van der Waals surface area (Å²) in [5.74, 6) is 0.264. The van der Waals surface area contributed by atoms with Gasteiger partial charge in [-0.2, -0.15) is 0 Å². The average molecular weight is 449 g/mol. The first-order valence-corrected chi connectivity index (χ1v) is 11.6. The highest BCUT2D eigenvalue weighted by Gasteiger charge is 2.16. The zero-order valence-corrected chi connectivity index (χ0v) is 19.2. The van der Waals surface area contributed by atoms with E-state index in [4.69, 9.17) is 4.74 Å². The summed E-state index contributed by atoms with van der Waals surface area (Å²) in [5, 5.41) is 7.65. The normalized spacial score (nSPS) is 11.1. The van der Waals surface area contributed by atoms with Crippen molar-refractivity contribution < 1.29 is 14.3 Å². The lowest BCUT2D eigenvalue weighted by atomic mass is 10.1. The largest absolute Gasteiger partial charge is 0.494 e. The molecule has 1 heterocycles. The van der Waals surface area contributed by atoms with Gasteiger partial charge in [0.2, 0.25) is 0 Å². The van der Waals surface area contributed by atoms with Crippen molar-refractivity contribution in [1.29, 1.82) is 0 Å². The number of amides is 2. The Hall–Kier alpha value is -3.38. The molecule has 166 valence electrons. The fourth-order valence-corrected chi connectivity index (χ4v) is 3.86. The number of benzene rings is 2. The standard InChI is InChI=1S/C26H28N2O3S/c1-3-31-21-14-12-20(13-15-21)9-6-16-27-26(30)24(18-22-10-7-17-32-22)28-25(29)23-11-5-4-8-19(23)2/h4-5,7-8,10-15,17-18H,3,6,9,16H2,1-2H3,(H,27,30)(H,28,29)/b24-18-. The topological polar surface area (TPSA) is 67.4 Å². The molecule has 0 saturated carbocycles. The van der Waals surface area contributed by atoms with Crippen molar-refractivity contribution in [1.82, 2.24) is 10.6 Å². The molecule has 0 atom stereocenters. The Morgan fingerprint density at radius 1 is 1.03 bits per heavy atom. The maximum atomic E-state index is 12.8. The maximum absolute atomic E-state index is 12.8. The second-order valence-electron chi connectivity index (χ2n) is 7.28. The van der Waals surface area contributed by atoms with E-state index < -0.39 is 0 Å². The number of thiophene rings is 1. The molecule has 0 saturated heterocycles. The van der Waals surface area contributed by atoms with Crippen molar-refractivity contribution in [2.75, 3.05) is 13.2 Å². The van der Waals surface area contributed by atoms with Crippen molar-refractivity contribution in [2.45, 2.75) is 26.7 Å². The number of hydrogen-bond donors (Lipinski definition) is 2. The molecule has 3 rings (SSSR count). The first kappa shape index (κ1) is 23.3. The molecule has 2 N–H and O–H groups in total. The van der Waals surface area contributed by atoms with Gasteiger partial charge >= 0.3 is 0 Å². The zero-order valence-electron chi connectivity index (χ0n) is 18.4. The molecule has 0 fully saturated rings. The van der Waals surface area contributed by atoms with Crippen molar-refractivity contribution in [3.05, 3.63) is 93.3 Å². The van der Waals surface area contributed by atoms with Crippen molar-refractivity contribution in [3.63, 3.8) is 0 Å². The van der Waals surface area contributed by atoms with Crippen LogP contribution >= 0.6 is 11.3 Å². The summed E-state index contributed by atoms with van der Waals surface area (Å²) in [4.78, 5) is 26.5. The minimum absolute atomic E-state index is 0.238. The van der Waals surface area contributed by atoms with Gasteiger partial charge in [0, 0.05) is 17.0 Å². The Labute approximate surface area is 193 Å². The fourth-order valence-electron chi connectivity index (χ4n) is 3.20. The number of nitrogens with one attached hydrogen (secondary N) is 2. The molecule has 32 heavy (non-hydrogen) atoms. The molecule has 2 aromatic carbocycles. The van der Waals surface area contributed by atoms with Gasteiger partial charge in [0.25, 0.3) is 11.8 Å². The van der Waals surface area contributed by atoms with Crippen LogP contribution in [0.4, 0.5) is 0 Å². The van der Waals surface area contributed by atoms with E-state index in [9.17, 15) is 9.59 Å². The molecule has 1 aromatic heterocycles. The number of hydrogen-bond acceptors (Lipinski definition) is 4. The van der Waals surface area contributed by atoms with Gasteiger partial charge in [0.05, 0.1) is 6.61 Å². The van der Waals surface area contributed by atoms with Crippen molar-refractivity contribution >= 4 is 29.2 Å². The lowest BCUT2D eigenvalue weighted by Gasteiger charge is -2.12. The number of aryl methyl sites for hydroxylation is 2. The van der Waals surface area contributed by atoms with Gasteiger partial charge in [-0.1, -0.05) is 36.4 Å². The predicted molar refractivity (Wildman–Crippen MR) is 130 cm³/mol. The Morgan fingerprint density at radius 2 is 1.81 bits per heavy atom. The van der Waals surface area contributed by atoms with E-state index >= 15 is 0 Å². The van der Waals surface area contributed by atoms with Gasteiger partial charge in [0.15, 0.2) is 0 Å². The third-order valence-electron chi connectivity index (χ3n) is 4.87. The lowest BCUT2D eigenvalue weighted by Crippen LogP contribution is -2.35. The van der Waals surface area contributed by atoms with Crippen LogP contribution in [0.1, 0.15) is 39.7 Å². The Morgan fingerprint density at radius 3 is 2.50 bits per heavy atom. The maximum Gasteiger partial charge on any atom is 0.267 e. The zero-order chi connectivity index (χ0) is 22.8. The summed E-state index contributed by atoms with van der Waals surface area (Å²) in [6.07, 6.45) is 3.34. The minimum Gasteiger partial charge on any atom is -0.494 e. The average Bonchev–Trinajstić information content (AvgIpc) is 3.31. The smallest absolute Gasteiger partial charge is 0.267 e. The summed E-state index contributed by atoms with van der Waals surface area (Å²) in [5.41, 5.74) is 2.83. The molecule has 0 aliphatic heterocycles. The van der Waals surface area contributed by atoms with Gasteiger partial charge < -0.3 is 15.4 Å². The third kappa shape index (κ3) is 6.82. The van der Waals surface area contributed by atoms with Crippen LogP contribution in [0, 0.1) is 6.92 Å². The van der Waals surface area contributed by atoms with Crippen LogP contribution in [0.5, 0.6) is 5.75 Å². The first-order valence-electron chi connectivity index (χ1n) is 10.7. The lowest BCUT2D eigenvalue weighted by molar-refractivity contribution is -0.117. The summed E-state index contributed by atoms with van der Waals surface area (Å²) in [6, 6.07) is 19.1. The van der Waals surface area contributed by atoms with Gasteiger partial charge in [-0.15, -0.1) is 11.3 Å². The molecule has 0 spiro atoms. The Balaban J connectivity index is 1.59. The van der Waals surface area contributed by atoms with E-state index in [-0.39, 0.29) is 17.5 Å². The van der Waals surface area contributed by atoms with Gasteiger partial charge in [-0.3, -0.25) is 9.59 Å². The molecule has 2 amide bonds. The summed E-state index contributed by atoms with van der Waals surface area (Å²) in [6.45, 7) is 4.99. The minimum atomic E-state index is -0.299. The van der Waals surface area contributed by atoms with E-state index in [0.29, 0.717) is 18.7 Å². The van der Waals surface area contributed by atoms with E-state index in [1.165, 1.54) is 16.9 Å². The molecule has 0 radical (unpaired) electrons. The second kappa shape index (κ2) is 11.9. The first-order chi connectivity index (χ1) is 15.6. The van der Waals surface area contributed by atoms with Crippen molar-refractivity contribution in [3.8, 4) is 5.75 Å². The van der Waals surface area contributed by atoms with Crippen LogP contribution < -0.4 is 15.4 Å². The van der Waals surface area contributed by atoms with Crippen LogP contribution in [0.15, 0.2) is 71.7 Å². The van der Waals surface area contributed by atoms with Crippen LogP contribution in [0.25, 0.3) is 6.08 Å². The van der Waals surface area contributed by atoms with E-state index in [1.54, 1.807) is 12.1 Å². The van der Waals surface area contributed by atoms with Crippen molar-refractivity contribution in [2.24, 2.45) is 0 Å². The van der Waals surface area contributed by atoms with Gasteiger partial charge in [-0.25, -0.2) is 0 Å². The SMILES string of the molecule is CCOc1ccc(CCCNC(=O)/C(=C/c2cccs2)NC(=O)c2ccccc2C)cc1. The Kier molecular flexibility index (Phi) is 8.63. The fraction of sp³-hybridized carbons (Fsp3) is 0.231. The molecule has 0 bridgehead atoms. The number of carbonyl (C=O) groups excluding carboxylic acids is 2. The molecular formula is C26H28N2O3S.